The Labute approximate surface area is 145 Å². The first-order valence-corrected chi connectivity index (χ1v) is 8.98. The smallest absolute Gasteiger partial charge is 0.187 e. The van der Waals surface area contributed by atoms with Gasteiger partial charge in [-0.3, -0.25) is 4.79 Å². The zero-order chi connectivity index (χ0) is 17.1. The summed E-state index contributed by atoms with van der Waals surface area (Å²) in [7, 11) is 1.84. The van der Waals surface area contributed by atoms with E-state index in [4.69, 9.17) is 0 Å². The van der Waals surface area contributed by atoms with Crippen molar-refractivity contribution >= 4 is 28.6 Å². The van der Waals surface area contributed by atoms with E-state index in [1.807, 2.05) is 54.3 Å². The first-order valence-electron chi connectivity index (χ1n) is 7.58. The van der Waals surface area contributed by atoms with E-state index in [1.165, 1.54) is 0 Å². The molecule has 24 heavy (non-hydrogen) atoms. The van der Waals surface area contributed by atoms with Crippen LogP contribution in [0.3, 0.4) is 0 Å². The van der Waals surface area contributed by atoms with Gasteiger partial charge in [0.15, 0.2) is 11.7 Å². The number of thioether (sulfide) groups is 1. The lowest BCUT2D eigenvalue weighted by molar-refractivity contribution is 0.0975. The van der Waals surface area contributed by atoms with Gasteiger partial charge in [0.05, 0.1) is 17.1 Å². The lowest BCUT2D eigenvalue weighted by Crippen LogP contribution is -2.15. The Bertz CT molecular complexity index is 922. The van der Waals surface area contributed by atoms with Gasteiger partial charge in [-0.25, -0.2) is 4.98 Å². The molecule has 0 aliphatic rings. The number of carbonyl (C=O) groups is 1. The van der Waals surface area contributed by atoms with Crippen molar-refractivity contribution in [1.29, 1.82) is 5.26 Å². The largest absolute Gasteiger partial charge is 0.330 e. The first-order chi connectivity index (χ1) is 11.7. The standard InChI is InChI=1S/C19H17N3OS/c1-22-17-6-4-3-5-16(17)21-19(22)15(11-20)18(23)14-9-7-13(8-10-14)12-24-2/h3-10,15H,12H2,1-2H3. The average molecular weight is 335 g/mol. The molecule has 0 saturated heterocycles. The topological polar surface area (TPSA) is 58.7 Å². The maximum Gasteiger partial charge on any atom is 0.187 e. The van der Waals surface area contributed by atoms with E-state index in [1.54, 1.807) is 23.9 Å². The Morgan fingerprint density at radius 1 is 1.25 bits per heavy atom. The summed E-state index contributed by atoms with van der Waals surface area (Å²) >= 11 is 1.73. The van der Waals surface area contributed by atoms with Crippen LogP contribution in [0.25, 0.3) is 11.0 Å². The highest BCUT2D eigenvalue weighted by molar-refractivity contribution is 7.97. The molecule has 3 aromatic rings. The zero-order valence-corrected chi connectivity index (χ0v) is 14.4. The van der Waals surface area contributed by atoms with Crippen molar-refractivity contribution in [2.24, 2.45) is 7.05 Å². The van der Waals surface area contributed by atoms with Gasteiger partial charge >= 0.3 is 0 Å². The molecule has 0 radical (unpaired) electrons. The molecule has 0 spiro atoms. The van der Waals surface area contributed by atoms with Crippen LogP contribution in [0, 0.1) is 11.3 Å². The Balaban J connectivity index is 1.96. The molecular formula is C19H17N3OS. The fraction of sp³-hybridized carbons (Fsp3) is 0.211. The highest BCUT2D eigenvalue weighted by Gasteiger charge is 2.26. The van der Waals surface area contributed by atoms with Gasteiger partial charge in [0.25, 0.3) is 0 Å². The number of nitriles is 1. The Morgan fingerprint density at radius 2 is 1.96 bits per heavy atom. The molecule has 2 aromatic carbocycles. The maximum absolute atomic E-state index is 12.8. The van der Waals surface area contributed by atoms with Crippen LogP contribution in [0.4, 0.5) is 0 Å². The van der Waals surface area contributed by atoms with Gasteiger partial charge in [0.1, 0.15) is 5.82 Å². The third-order valence-corrected chi connectivity index (χ3v) is 4.64. The van der Waals surface area contributed by atoms with Crippen LogP contribution in [0.15, 0.2) is 48.5 Å². The Hall–Kier alpha value is -2.58. The number of hydrogen-bond acceptors (Lipinski definition) is 4. The van der Waals surface area contributed by atoms with Gasteiger partial charge in [-0.1, -0.05) is 36.4 Å². The van der Waals surface area contributed by atoms with Crippen LogP contribution in [0.5, 0.6) is 0 Å². The van der Waals surface area contributed by atoms with Gasteiger partial charge in [-0.05, 0) is 24.0 Å². The summed E-state index contributed by atoms with van der Waals surface area (Å²) < 4.78 is 1.82. The first kappa shape index (κ1) is 16.3. The maximum atomic E-state index is 12.8. The van der Waals surface area contributed by atoms with Gasteiger partial charge in [-0.2, -0.15) is 17.0 Å². The molecule has 3 rings (SSSR count). The van der Waals surface area contributed by atoms with Gasteiger partial charge in [0, 0.05) is 18.4 Å². The molecule has 1 aromatic heterocycles. The predicted octanol–water partition coefficient (Wildman–Crippen LogP) is 3.93. The second-order valence-electron chi connectivity index (χ2n) is 5.57. The summed E-state index contributed by atoms with van der Waals surface area (Å²) in [5.74, 6) is 0.262. The van der Waals surface area contributed by atoms with E-state index >= 15 is 0 Å². The van der Waals surface area contributed by atoms with E-state index < -0.39 is 5.92 Å². The van der Waals surface area contributed by atoms with Crippen molar-refractivity contribution in [3.63, 3.8) is 0 Å². The van der Waals surface area contributed by atoms with Crippen LogP contribution in [0.2, 0.25) is 0 Å². The molecule has 1 heterocycles. The van der Waals surface area contributed by atoms with Crippen molar-refractivity contribution in [1.82, 2.24) is 9.55 Å². The monoisotopic (exact) mass is 335 g/mol. The highest BCUT2D eigenvalue weighted by atomic mass is 32.2. The molecule has 120 valence electrons. The number of ketones is 1. The van der Waals surface area contributed by atoms with Crippen molar-refractivity contribution < 1.29 is 4.79 Å². The quantitative estimate of drug-likeness (QED) is 0.663. The number of aryl methyl sites for hydroxylation is 1. The van der Waals surface area contributed by atoms with Crippen molar-refractivity contribution in [3.8, 4) is 6.07 Å². The van der Waals surface area contributed by atoms with Crippen LogP contribution >= 0.6 is 11.8 Å². The molecule has 0 saturated carbocycles. The number of rotatable bonds is 5. The van der Waals surface area contributed by atoms with Crippen LogP contribution in [-0.2, 0) is 12.8 Å². The molecule has 0 aliphatic heterocycles. The number of imidazole rings is 1. The van der Waals surface area contributed by atoms with Crippen LogP contribution in [0.1, 0.15) is 27.7 Å². The molecule has 1 atom stereocenters. The number of para-hydroxylation sites is 2. The number of benzene rings is 2. The second kappa shape index (κ2) is 6.90. The number of nitrogens with zero attached hydrogens (tertiary/aromatic N) is 3. The Kier molecular flexibility index (Phi) is 4.68. The van der Waals surface area contributed by atoms with Gasteiger partial charge in [0.2, 0.25) is 0 Å². The minimum absolute atomic E-state index is 0.216. The third kappa shape index (κ3) is 2.93. The number of fused-ring (bicyclic) bond motifs is 1. The number of carbonyl (C=O) groups excluding carboxylic acids is 1. The number of aromatic nitrogens is 2. The van der Waals surface area contributed by atoms with E-state index in [-0.39, 0.29) is 5.78 Å². The molecule has 0 amide bonds. The Morgan fingerprint density at radius 3 is 2.58 bits per heavy atom. The van der Waals surface area contributed by atoms with Crippen molar-refractivity contribution in [3.05, 3.63) is 65.5 Å². The highest BCUT2D eigenvalue weighted by Crippen LogP contribution is 2.24. The lowest BCUT2D eigenvalue weighted by Gasteiger charge is -2.09. The van der Waals surface area contributed by atoms with E-state index in [2.05, 4.69) is 11.1 Å². The molecule has 0 bridgehead atoms. The third-order valence-electron chi connectivity index (χ3n) is 4.02. The van der Waals surface area contributed by atoms with E-state index in [9.17, 15) is 10.1 Å². The molecule has 0 fully saturated rings. The molecule has 1 unspecified atom stereocenters. The summed E-state index contributed by atoms with van der Waals surface area (Å²) in [5, 5.41) is 9.57. The SMILES string of the molecule is CSCc1ccc(C(=O)C(C#N)c2nc3ccccc3n2C)cc1. The average Bonchev–Trinajstić information content (AvgIpc) is 2.94. The zero-order valence-electron chi connectivity index (χ0n) is 13.6. The molecule has 4 nitrogen and oxygen atoms in total. The van der Waals surface area contributed by atoms with E-state index in [0.717, 1.165) is 22.3 Å². The van der Waals surface area contributed by atoms with E-state index in [0.29, 0.717) is 11.4 Å². The van der Waals surface area contributed by atoms with Gasteiger partial charge < -0.3 is 4.57 Å². The summed E-state index contributed by atoms with van der Waals surface area (Å²) in [6.07, 6.45) is 2.04. The molecular weight excluding hydrogens is 318 g/mol. The summed E-state index contributed by atoms with van der Waals surface area (Å²) in [5.41, 5.74) is 3.41. The minimum atomic E-state index is -0.909. The van der Waals surface area contributed by atoms with Crippen molar-refractivity contribution in [2.75, 3.05) is 6.26 Å². The summed E-state index contributed by atoms with van der Waals surface area (Å²) in [6, 6.07) is 17.2. The van der Waals surface area contributed by atoms with Gasteiger partial charge in [-0.15, -0.1) is 0 Å². The van der Waals surface area contributed by atoms with Crippen LogP contribution < -0.4 is 0 Å². The molecule has 0 N–H and O–H groups in total. The number of hydrogen-bond donors (Lipinski definition) is 0. The summed E-state index contributed by atoms with van der Waals surface area (Å²) in [4.78, 5) is 17.3. The van der Waals surface area contributed by atoms with Crippen molar-refractivity contribution in [2.45, 2.75) is 11.7 Å². The molecule has 5 heteroatoms. The fourth-order valence-corrected chi connectivity index (χ4v) is 3.28. The number of Topliss-reactive ketones (excluding diaryl/α,β-unsaturated/α-hetero) is 1. The lowest BCUT2D eigenvalue weighted by atomic mass is 9.97. The fourth-order valence-electron chi connectivity index (χ4n) is 2.75. The van der Waals surface area contributed by atoms with Crippen LogP contribution in [-0.4, -0.2) is 21.6 Å². The normalized spacial score (nSPS) is 12.0. The summed E-state index contributed by atoms with van der Waals surface area (Å²) in [6.45, 7) is 0. The second-order valence-corrected chi connectivity index (χ2v) is 6.44. The minimum Gasteiger partial charge on any atom is -0.330 e. The predicted molar refractivity (Wildman–Crippen MR) is 97.1 cm³/mol. The molecule has 0 aliphatic carbocycles.